The number of hydrogen-bond acceptors (Lipinski definition) is 3. The smallest absolute Gasteiger partial charge is 0.225 e. The minimum atomic E-state index is 0.504. The topological polar surface area (TPSA) is 30.8 Å². The van der Waals surface area contributed by atoms with Crippen molar-refractivity contribution in [1.29, 1.82) is 0 Å². The fourth-order valence-electron chi connectivity index (χ4n) is 2.82. The summed E-state index contributed by atoms with van der Waals surface area (Å²) in [6, 6.07) is 23.8. The Hall–Kier alpha value is -3.33. The molecule has 0 spiro atoms. The first-order valence-corrected chi connectivity index (χ1v) is 9.30. The Kier molecular flexibility index (Phi) is 6.28. The van der Waals surface area contributed by atoms with Gasteiger partial charge in [0.1, 0.15) is 11.5 Å². The van der Waals surface area contributed by atoms with Crippen LogP contribution in [0.25, 0.3) is 0 Å². The lowest BCUT2D eigenvalue weighted by Gasteiger charge is -2.11. The predicted molar refractivity (Wildman–Crippen MR) is 116 cm³/mol. The maximum absolute atomic E-state index is 6.07. The number of aliphatic imine (C=N–C) groups is 1. The van der Waals surface area contributed by atoms with Crippen LogP contribution in [0.3, 0.4) is 0 Å². The van der Waals surface area contributed by atoms with Gasteiger partial charge in [0.25, 0.3) is 0 Å². The van der Waals surface area contributed by atoms with E-state index < -0.39 is 0 Å². The molecule has 0 saturated heterocycles. The van der Waals surface area contributed by atoms with Crippen molar-refractivity contribution in [3.63, 3.8) is 0 Å². The molecule has 0 amide bonds. The van der Waals surface area contributed by atoms with Gasteiger partial charge in [0.2, 0.25) is 5.90 Å². The molecule has 0 unspecified atom stereocenters. The second-order valence-electron chi connectivity index (χ2n) is 6.91. The fraction of sp³-hybridized carbons (Fsp3) is 0.160. The standard InChI is InChI=1S/C25H25NO2/c1-18-9-8-12-24(16-18)27-17-21(4)25(28-23-10-6-5-7-11-23)26-22-14-19(2)13-20(3)15-22/h5-17H,1-4H3. The Balaban J connectivity index is 1.92. The number of rotatable bonds is 5. The van der Waals surface area contributed by atoms with Crippen LogP contribution >= 0.6 is 0 Å². The molecule has 3 rings (SSSR count). The number of aryl methyl sites for hydroxylation is 3. The van der Waals surface area contributed by atoms with Crippen molar-refractivity contribution in [1.82, 2.24) is 0 Å². The Morgan fingerprint density at radius 2 is 1.43 bits per heavy atom. The first kappa shape index (κ1) is 19.4. The lowest BCUT2D eigenvalue weighted by Crippen LogP contribution is -2.11. The van der Waals surface area contributed by atoms with Crippen LogP contribution in [0.15, 0.2) is 89.6 Å². The summed E-state index contributed by atoms with van der Waals surface area (Å²) < 4.78 is 11.9. The molecule has 28 heavy (non-hydrogen) atoms. The highest BCUT2D eigenvalue weighted by Crippen LogP contribution is 2.21. The largest absolute Gasteiger partial charge is 0.465 e. The number of hydrogen-bond donors (Lipinski definition) is 0. The van der Waals surface area contributed by atoms with Crippen molar-refractivity contribution in [3.8, 4) is 11.5 Å². The zero-order valence-corrected chi connectivity index (χ0v) is 16.8. The van der Waals surface area contributed by atoms with Crippen molar-refractivity contribution < 1.29 is 9.47 Å². The number of nitrogens with zero attached hydrogens (tertiary/aromatic N) is 1. The molecular formula is C25H25NO2. The van der Waals surface area contributed by atoms with Crippen molar-refractivity contribution >= 4 is 11.6 Å². The van der Waals surface area contributed by atoms with Crippen molar-refractivity contribution in [2.24, 2.45) is 4.99 Å². The molecule has 0 atom stereocenters. The summed E-state index contributed by atoms with van der Waals surface area (Å²) in [6.07, 6.45) is 1.68. The molecule has 0 aromatic heterocycles. The summed E-state index contributed by atoms with van der Waals surface area (Å²) in [5.41, 5.74) is 5.12. The van der Waals surface area contributed by atoms with E-state index in [1.807, 2.05) is 80.6 Å². The van der Waals surface area contributed by atoms with Gasteiger partial charge in [-0.3, -0.25) is 0 Å². The highest BCUT2D eigenvalue weighted by Gasteiger charge is 2.08. The summed E-state index contributed by atoms with van der Waals surface area (Å²) >= 11 is 0. The average Bonchev–Trinajstić information content (AvgIpc) is 2.66. The highest BCUT2D eigenvalue weighted by atomic mass is 16.5. The lowest BCUT2D eigenvalue weighted by atomic mass is 10.1. The van der Waals surface area contributed by atoms with Crippen LogP contribution < -0.4 is 9.47 Å². The summed E-state index contributed by atoms with van der Waals surface area (Å²) in [5, 5.41) is 0. The first-order valence-electron chi connectivity index (χ1n) is 9.30. The fourth-order valence-corrected chi connectivity index (χ4v) is 2.82. The molecule has 3 nitrogen and oxygen atoms in total. The van der Waals surface area contributed by atoms with Crippen LogP contribution in [0.5, 0.6) is 11.5 Å². The predicted octanol–water partition coefficient (Wildman–Crippen LogP) is 6.70. The van der Waals surface area contributed by atoms with Crippen LogP contribution in [-0.2, 0) is 0 Å². The molecule has 142 valence electrons. The molecule has 0 aliphatic rings. The zero-order valence-electron chi connectivity index (χ0n) is 16.8. The van der Waals surface area contributed by atoms with E-state index in [1.54, 1.807) is 6.26 Å². The molecule has 0 aliphatic heterocycles. The van der Waals surface area contributed by atoms with E-state index in [0.29, 0.717) is 5.90 Å². The van der Waals surface area contributed by atoms with E-state index >= 15 is 0 Å². The van der Waals surface area contributed by atoms with Gasteiger partial charge >= 0.3 is 0 Å². The van der Waals surface area contributed by atoms with Crippen molar-refractivity contribution in [2.45, 2.75) is 27.7 Å². The second-order valence-corrected chi connectivity index (χ2v) is 6.91. The van der Waals surface area contributed by atoms with E-state index in [4.69, 9.17) is 14.5 Å². The second kappa shape index (κ2) is 9.05. The van der Waals surface area contributed by atoms with Crippen LogP contribution in [-0.4, -0.2) is 5.90 Å². The SMILES string of the molecule is CC(=COc1cccc(C)c1)C(=Nc1cc(C)cc(C)c1)Oc1ccccc1. The summed E-state index contributed by atoms with van der Waals surface area (Å²) in [4.78, 5) is 4.75. The van der Waals surface area contributed by atoms with E-state index in [1.165, 1.54) is 0 Å². The molecule has 0 saturated carbocycles. The summed E-state index contributed by atoms with van der Waals surface area (Å²) in [7, 11) is 0. The van der Waals surface area contributed by atoms with Crippen LogP contribution in [0.2, 0.25) is 0 Å². The Morgan fingerprint density at radius 3 is 2.11 bits per heavy atom. The van der Waals surface area contributed by atoms with Crippen LogP contribution in [0, 0.1) is 20.8 Å². The molecule has 0 bridgehead atoms. The maximum Gasteiger partial charge on any atom is 0.225 e. The van der Waals surface area contributed by atoms with Gasteiger partial charge in [-0.15, -0.1) is 0 Å². The number of benzene rings is 3. The van der Waals surface area contributed by atoms with Gasteiger partial charge in [0.15, 0.2) is 0 Å². The molecule has 0 aliphatic carbocycles. The van der Waals surface area contributed by atoms with Crippen LogP contribution in [0.1, 0.15) is 23.6 Å². The van der Waals surface area contributed by atoms with E-state index in [-0.39, 0.29) is 0 Å². The normalized spacial score (nSPS) is 12.0. The quantitative estimate of drug-likeness (QED) is 0.284. The first-order chi connectivity index (χ1) is 13.5. The minimum Gasteiger partial charge on any atom is -0.465 e. The zero-order chi connectivity index (χ0) is 19.9. The Labute approximate surface area is 167 Å². The Bertz CT molecular complexity index is 984. The van der Waals surface area contributed by atoms with Gasteiger partial charge in [0.05, 0.1) is 11.9 Å². The minimum absolute atomic E-state index is 0.504. The monoisotopic (exact) mass is 371 g/mol. The molecule has 3 aromatic carbocycles. The van der Waals surface area contributed by atoms with Crippen molar-refractivity contribution in [2.75, 3.05) is 0 Å². The van der Waals surface area contributed by atoms with Gasteiger partial charge < -0.3 is 9.47 Å². The third-order valence-corrected chi connectivity index (χ3v) is 4.09. The van der Waals surface area contributed by atoms with Gasteiger partial charge in [0, 0.05) is 5.57 Å². The van der Waals surface area contributed by atoms with Crippen molar-refractivity contribution in [3.05, 3.63) is 101 Å². The molecule has 0 N–H and O–H groups in total. The molecule has 3 aromatic rings. The van der Waals surface area contributed by atoms with E-state index in [0.717, 1.165) is 39.4 Å². The van der Waals surface area contributed by atoms with Gasteiger partial charge in [-0.05, 0) is 80.8 Å². The summed E-state index contributed by atoms with van der Waals surface area (Å²) in [5.74, 6) is 2.02. The van der Waals surface area contributed by atoms with E-state index in [2.05, 4.69) is 19.9 Å². The maximum atomic E-state index is 6.07. The van der Waals surface area contributed by atoms with Gasteiger partial charge in [-0.2, -0.15) is 0 Å². The number of para-hydroxylation sites is 1. The molecule has 0 heterocycles. The number of ether oxygens (including phenoxy) is 2. The molecule has 0 fully saturated rings. The van der Waals surface area contributed by atoms with E-state index in [9.17, 15) is 0 Å². The Morgan fingerprint density at radius 1 is 0.750 bits per heavy atom. The van der Waals surface area contributed by atoms with Gasteiger partial charge in [-0.1, -0.05) is 36.4 Å². The summed E-state index contributed by atoms with van der Waals surface area (Å²) in [6.45, 7) is 8.09. The van der Waals surface area contributed by atoms with Crippen LogP contribution in [0.4, 0.5) is 5.69 Å². The van der Waals surface area contributed by atoms with Gasteiger partial charge in [-0.25, -0.2) is 4.99 Å². The highest BCUT2D eigenvalue weighted by molar-refractivity contribution is 5.96. The third kappa shape index (κ3) is 5.58. The molecule has 3 heteroatoms. The molecular weight excluding hydrogens is 346 g/mol. The lowest BCUT2D eigenvalue weighted by molar-refractivity contribution is 0.473. The molecule has 0 radical (unpaired) electrons. The average molecular weight is 371 g/mol. The third-order valence-electron chi connectivity index (χ3n) is 4.09.